The fraction of sp³-hybridized carbons (Fsp3) is 0.513. The molecule has 0 saturated heterocycles. The van der Waals surface area contributed by atoms with E-state index in [4.69, 9.17) is 14.3 Å². The quantitative estimate of drug-likeness (QED) is 0.111. The maximum Gasteiger partial charge on any atom is 0.254 e. The minimum Gasteiger partial charge on any atom is -0.508 e. The van der Waals surface area contributed by atoms with E-state index >= 15 is 0 Å². The van der Waals surface area contributed by atoms with Gasteiger partial charge in [0.05, 0.1) is 29.9 Å². The zero-order valence-corrected chi connectivity index (χ0v) is 28.6. The van der Waals surface area contributed by atoms with Crippen LogP contribution in [0.15, 0.2) is 71.9 Å². The lowest BCUT2D eigenvalue weighted by Gasteiger charge is -2.60. The van der Waals surface area contributed by atoms with Crippen LogP contribution in [0.5, 0.6) is 11.5 Å². The van der Waals surface area contributed by atoms with Gasteiger partial charge < -0.3 is 34.5 Å². The van der Waals surface area contributed by atoms with Crippen LogP contribution in [-0.2, 0) is 9.57 Å². The monoisotopic (exact) mass is 671 g/mol. The van der Waals surface area contributed by atoms with Crippen molar-refractivity contribution >= 4 is 11.6 Å². The number of oxime groups is 1. The average Bonchev–Trinajstić information content (AvgIpc) is 3.11. The lowest BCUT2D eigenvalue weighted by molar-refractivity contribution is -0.254. The van der Waals surface area contributed by atoms with E-state index in [1.54, 1.807) is 48.5 Å². The minimum absolute atomic E-state index is 0.0755. The van der Waals surface area contributed by atoms with Crippen LogP contribution < -0.4 is 4.74 Å². The normalized spacial score (nSPS) is 26.1. The van der Waals surface area contributed by atoms with E-state index < -0.39 is 17.7 Å². The predicted octanol–water partition coefficient (Wildman–Crippen LogP) is 6.08. The first-order chi connectivity index (χ1) is 23.9. The summed E-state index contributed by atoms with van der Waals surface area (Å²) < 4.78 is 14.0. The molecule has 1 saturated carbocycles. The smallest absolute Gasteiger partial charge is 0.254 e. The number of benzene rings is 2. The Balaban J connectivity index is 1.76. The SMILES string of the molecule is C=CCOC12Oc3ccc(O)cc3C3C(CCCCO)C(CCCCO)C=C(C(=NOC)CC1N(CCC)C(=O)c1ccc(C#N)cc1)C32. The van der Waals surface area contributed by atoms with Crippen LogP contribution in [-0.4, -0.2) is 77.1 Å². The van der Waals surface area contributed by atoms with E-state index in [9.17, 15) is 25.4 Å². The molecular formula is C39H49N3O7. The minimum atomic E-state index is -1.36. The Morgan fingerprint density at radius 2 is 1.88 bits per heavy atom. The molecule has 6 unspecified atom stereocenters. The molecule has 2 aliphatic carbocycles. The fourth-order valence-corrected chi connectivity index (χ4v) is 8.26. The number of aliphatic hydroxyl groups excluding tert-OH is 2. The first-order valence-electron chi connectivity index (χ1n) is 17.5. The number of phenols is 1. The van der Waals surface area contributed by atoms with Gasteiger partial charge in [0.1, 0.15) is 24.7 Å². The van der Waals surface area contributed by atoms with Crippen molar-refractivity contribution in [3.63, 3.8) is 0 Å². The maximum absolute atomic E-state index is 14.5. The van der Waals surface area contributed by atoms with Crippen LogP contribution in [0.3, 0.4) is 0 Å². The van der Waals surface area contributed by atoms with Crippen molar-refractivity contribution in [1.82, 2.24) is 4.90 Å². The molecule has 262 valence electrons. The number of amides is 1. The topological polar surface area (TPSA) is 145 Å². The summed E-state index contributed by atoms with van der Waals surface area (Å²) >= 11 is 0. The van der Waals surface area contributed by atoms with E-state index in [1.165, 1.54) is 7.11 Å². The molecule has 0 spiro atoms. The van der Waals surface area contributed by atoms with Gasteiger partial charge in [-0.3, -0.25) is 4.79 Å². The van der Waals surface area contributed by atoms with Gasteiger partial charge in [0.25, 0.3) is 5.91 Å². The number of aliphatic hydroxyl groups is 2. The van der Waals surface area contributed by atoms with Crippen molar-refractivity contribution in [2.75, 3.05) is 33.5 Å². The number of phenolic OH excluding ortho intramolecular Hbond substituents is 1. The number of nitrogens with zero attached hydrogens (tertiary/aromatic N) is 3. The van der Waals surface area contributed by atoms with Gasteiger partial charge in [0, 0.05) is 43.2 Å². The van der Waals surface area contributed by atoms with Crippen molar-refractivity contribution in [2.45, 2.75) is 76.0 Å². The first kappa shape index (κ1) is 36.1. The number of fused-ring (bicyclic) bond motifs is 2. The number of hydrogen-bond donors (Lipinski definition) is 3. The molecule has 1 heterocycles. The summed E-state index contributed by atoms with van der Waals surface area (Å²) in [5, 5.41) is 44.2. The molecule has 1 amide bonds. The summed E-state index contributed by atoms with van der Waals surface area (Å²) in [4.78, 5) is 21.8. The first-order valence-corrected chi connectivity index (χ1v) is 17.5. The number of carbonyl (C=O) groups is 1. The van der Waals surface area contributed by atoms with Crippen LogP contribution >= 0.6 is 0 Å². The van der Waals surface area contributed by atoms with Crippen molar-refractivity contribution in [3.05, 3.63) is 83.5 Å². The molecule has 2 aromatic rings. The third kappa shape index (κ3) is 7.25. The lowest BCUT2D eigenvalue weighted by atomic mass is 9.55. The van der Waals surface area contributed by atoms with E-state index in [0.717, 1.165) is 36.8 Å². The predicted molar refractivity (Wildman–Crippen MR) is 186 cm³/mol. The summed E-state index contributed by atoms with van der Waals surface area (Å²) in [7, 11) is 1.52. The summed E-state index contributed by atoms with van der Waals surface area (Å²) in [5.41, 5.74) is 3.43. The fourth-order valence-electron chi connectivity index (χ4n) is 8.26. The number of aromatic hydroxyl groups is 1. The summed E-state index contributed by atoms with van der Waals surface area (Å²) in [6, 6.07) is 13.3. The Labute approximate surface area is 289 Å². The van der Waals surface area contributed by atoms with Gasteiger partial charge in [-0.05, 0) is 92.0 Å². The van der Waals surface area contributed by atoms with Crippen LogP contribution in [0.25, 0.3) is 0 Å². The largest absolute Gasteiger partial charge is 0.508 e. The maximum atomic E-state index is 14.5. The summed E-state index contributed by atoms with van der Waals surface area (Å²) in [6.45, 7) is 6.76. The molecule has 0 bridgehead atoms. The van der Waals surface area contributed by atoms with Gasteiger partial charge in [-0.2, -0.15) is 5.26 Å². The molecule has 49 heavy (non-hydrogen) atoms. The van der Waals surface area contributed by atoms with E-state index in [1.807, 2.05) is 11.8 Å². The second kappa shape index (κ2) is 16.5. The molecular weight excluding hydrogens is 622 g/mol. The van der Waals surface area contributed by atoms with Crippen molar-refractivity contribution in [1.29, 1.82) is 5.26 Å². The molecule has 5 rings (SSSR count). The number of rotatable bonds is 16. The molecule has 6 atom stereocenters. The Bertz CT molecular complexity index is 1570. The molecule has 1 aliphatic heterocycles. The Hall–Kier alpha value is -4.17. The molecule has 2 aromatic carbocycles. The molecule has 0 aromatic heterocycles. The Morgan fingerprint density at radius 3 is 2.53 bits per heavy atom. The average molecular weight is 672 g/mol. The van der Waals surface area contributed by atoms with Crippen LogP contribution in [0.2, 0.25) is 0 Å². The highest BCUT2D eigenvalue weighted by Gasteiger charge is 2.65. The number of ether oxygens (including phenoxy) is 2. The second-order valence-electron chi connectivity index (χ2n) is 13.2. The number of carbonyl (C=O) groups excluding carboxylic acids is 1. The zero-order chi connectivity index (χ0) is 35.0. The van der Waals surface area contributed by atoms with E-state index in [-0.39, 0.29) is 49.2 Å². The van der Waals surface area contributed by atoms with Gasteiger partial charge in [-0.15, -0.1) is 6.58 Å². The van der Waals surface area contributed by atoms with Crippen molar-refractivity contribution in [2.24, 2.45) is 22.9 Å². The molecule has 10 nitrogen and oxygen atoms in total. The highest BCUT2D eigenvalue weighted by molar-refractivity contribution is 6.03. The van der Waals surface area contributed by atoms with Gasteiger partial charge in [-0.1, -0.05) is 37.1 Å². The Kier molecular flexibility index (Phi) is 12.2. The number of hydrogen-bond acceptors (Lipinski definition) is 9. The van der Waals surface area contributed by atoms with Gasteiger partial charge >= 0.3 is 0 Å². The third-order valence-corrected chi connectivity index (χ3v) is 10.2. The van der Waals surface area contributed by atoms with Crippen LogP contribution in [0.4, 0.5) is 0 Å². The summed E-state index contributed by atoms with van der Waals surface area (Å²) in [5.74, 6) is -1.30. The van der Waals surface area contributed by atoms with Gasteiger partial charge in [0.15, 0.2) is 0 Å². The van der Waals surface area contributed by atoms with Crippen LogP contribution in [0.1, 0.15) is 85.7 Å². The number of nitriles is 1. The number of unbranched alkanes of at least 4 members (excludes halogenated alkanes) is 2. The lowest BCUT2D eigenvalue weighted by Crippen LogP contribution is -2.70. The highest BCUT2D eigenvalue weighted by atomic mass is 16.7. The molecule has 3 N–H and O–H groups in total. The molecule has 1 fully saturated rings. The van der Waals surface area contributed by atoms with Gasteiger partial charge in [-0.25, -0.2) is 0 Å². The second-order valence-corrected chi connectivity index (χ2v) is 13.2. The summed E-state index contributed by atoms with van der Waals surface area (Å²) in [6.07, 6.45) is 9.59. The van der Waals surface area contributed by atoms with E-state index in [2.05, 4.69) is 23.9 Å². The van der Waals surface area contributed by atoms with Crippen molar-refractivity contribution < 1.29 is 34.4 Å². The van der Waals surface area contributed by atoms with Gasteiger partial charge in [0.2, 0.25) is 5.79 Å². The Morgan fingerprint density at radius 1 is 1.14 bits per heavy atom. The van der Waals surface area contributed by atoms with Crippen LogP contribution in [0, 0.1) is 29.1 Å². The van der Waals surface area contributed by atoms with E-state index in [0.29, 0.717) is 54.8 Å². The standard InChI is InChI=1S/C39H49N3O7/c1-4-18-42(38(46)27-14-12-26(25-40)13-15-27)35-24-33(41-47-3)31-22-28(10-6-8-19-43)30(11-7-9-20-44)36-32-23-29(45)16-17-34(32)49-39(35,37(31)36)48-21-5-2/h5,12-17,22-23,28,30,35-37,43-45H,2,4,6-11,18-21,24H2,1,3H3. The third-order valence-electron chi connectivity index (χ3n) is 10.2. The zero-order valence-electron chi connectivity index (χ0n) is 28.6. The molecule has 0 radical (unpaired) electrons. The highest BCUT2D eigenvalue weighted by Crippen LogP contribution is 2.61. The van der Waals surface area contributed by atoms with Crippen molar-refractivity contribution in [3.8, 4) is 17.6 Å². The number of allylic oxidation sites excluding steroid dienone is 1. The molecule has 3 aliphatic rings. The molecule has 10 heteroatoms.